The molecule has 108 valence electrons. The number of hydrogen-bond acceptors (Lipinski definition) is 5. The van der Waals surface area contributed by atoms with E-state index in [1.807, 2.05) is 18.2 Å². The predicted octanol–water partition coefficient (Wildman–Crippen LogP) is 3.09. The molecule has 2 unspecified atom stereocenters. The monoisotopic (exact) mass is 308 g/mol. The summed E-state index contributed by atoms with van der Waals surface area (Å²) >= 11 is 4.13. The van der Waals surface area contributed by atoms with E-state index in [0.717, 1.165) is 17.5 Å². The topological polar surface area (TPSA) is 45.0 Å². The summed E-state index contributed by atoms with van der Waals surface area (Å²) in [5.74, 6) is 4.57. The second kappa shape index (κ2) is 8.46. The highest BCUT2D eigenvalue weighted by molar-refractivity contribution is 8.06. The van der Waals surface area contributed by atoms with Crippen molar-refractivity contribution in [1.29, 1.82) is 5.26 Å². The van der Waals surface area contributed by atoms with Crippen LogP contribution in [-0.4, -0.2) is 35.7 Å². The molecular weight excluding hydrogens is 288 g/mol. The van der Waals surface area contributed by atoms with Gasteiger partial charge in [0.1, 0.15) is 11.8 Å². The van der Waals surface area contributed by atoms with Crippen molar-refractivity contribution in [2.45, 2.75) is 18.2 Å². The average Bonchev–Trinajstić information content (AvgIpc) is 2.52. The molecule has 1 fully saturated rings. The van der Waals surface area contributed by atoms with Crippen molar-refractivity contribution >= 4 is 23.5 Å². The maximum Gasteiger partial charge on any atom is 0.174 e. The minimum atomic E-state index is 0.101. The van der Waals surface area contributed by atoms with Crippen LogP contribution in [0.1, 0.15) is 18.5 Å². The number of nitriles is 1. The molecule has 0 saturated carbocycles. The minimum absolute atomic E-state index is 0.101. The fourth-order valence-corrected chi connectivity index (χ4v) is 4.67. The first-order chi connectivity index (χ1) is 9.79. The highest BCUT2D eigenvalue weighted by Crippen LogP contribution is 2.24. The van der Waals surface area contributed by atoms with Gasteiger partial charge >= 0.3 is 0 Å². The van der Waals surface area contributed by atoms with Gasteiger partial charge in [0.25, 0.3) is 0 Å². The van der Waals surface area contributed by atoms with Crippen molar-refractivity contribution in [2.24, 2.45) is 0 Å². The van der Waals surface area contributed by atoms with E-state index in [2.05, 4.69) is 47.9 Å². The Labute approximate surface area is 129 Å². The third kappa shape index (κ3) is 4.93. The van der Waals surface area contributed by atoms with Gasteiger partial charge in [-0.15, -0.1) is 0 Å². The van der Waals surface area contributed by atoms with E-state index < -0.39 is 0 Å². The molecule has 3 nitrogen and oxygen atoms in total. The molecule has 0 aliphatic carbocycles. The van der Waals surface area contributed by atoms with E-state index >= 15 is 0 Å². The molecule has 1 aromatic carbocycles. The normalized spacial score (nSPS) is 20.1. The molecule has 1 N–H and O–H groups in total. The quantitative estimate of drug-likeness (QED) is 0.875. The molecule has 0 radical (unpaired) electrons. The predicted molar refractivity (Wildman–Crippen MR) is 87.5 cm³/mol. The number of benzene rings is 1. The van der Waals surface area contributed by atoms with Gasteiger partial charge < -0.3 is 10.1 Å². The molecule has 0 amide bonds. The Balaban J connectivity index is 1.79. The summed E-state index contributed by atoms with van der Waals surface area (Å²) in [4.78, 5) is 0. The standard InChI is InChI=1S/C15H20N2OS2/c1-12(17-10-15-11-19-8-9-20-15)13-2-4-14(5-3-13)18-7-6-16/h2-5,12,15,17H,7-11H2,1H3. The second-order valence-electron chi connectivity index (χ2n) is 4.71. The van der Waals surface area contributed by atoms with E-state index in [0.29, 0.717) is 6.04 Å². The summed E-state index contributed by atoms with van der Waals surface area (Å²) in [6, 6.07) is 10.3. The van der Waals surface area contributed by atoms with Crippen LogP contribution >= 0.6 is 23.5 Å². The smallest absolute Gasteiger partial charge is 0.174 e. The van der Waals surface area contributed by atoms with Gasteiger partial charge in [0.05, 0.1) is 0 Å². The van der Waals surface area contributed by atoms with E-state index in [-0.39, 0.29) is 6.61 Å². The van der Waals surface area contributed by atoms with Crippen molar-refractivity contribution in [2.75, 3.05) is 30.4 Å². The summed E-state index contributed by atoms with van der Waals surface area (Å²) in [5, 5.41) is 12.8. The SMILES string of the molecule is CC(NCC1CSCCS1)c1ccc(OCC#N)cc1. The molecule has 1 aliphatic heterocycles. The summed E-state index contributed by atoms with van der Waals surface area (Å²) in [6.45, 7) is 3.35. The second-order valence-corrected chi connectivity index (χ2v) is 7.27. The van der Waals surface area contributed by atoms with Crippen LogP contribution < -0.4 is 10.1 Å². The number of nitrogens with one attached hydrogen (secondary N) is 1. The molecule has 1 heterocycles. The number of hydrogen-bond donors (Lipinski definition) is 1. The third-order valence-corrected chi connectivity index (χ3v) is 6.07. The van der Waals surface area contributed by atoms with Crippen LogP contribution in [0.5, 0.6) is 5.75 Å². The lowest BCUT2D eigenvalue weighted by Gasteiger charge is -2.23. The molecule has 1 aliphatic rings. The van der Waals surface area contributed by atoms with Crippen LogP contribution in [0.2, 0.25) is 0 Å². The van der Waals surface area contributed by atoms with E-state index in [1.165, 1.54) is 22.8 Å². The van der Waals surface area contributed by atoms with Gasteiger partial charge in [-0.05, 0) is 24.6 Å². The molecule has 2 rings (SSSR count). The van der Waals surface area contributed by atoms with Crippen LogP contribution in [0.4, 0.5) is 0 Å². The molecule has 20 heavy (non-hydrogen) atoms. The molecule has 0 spiro atoms. The van der Waals surface area contributed by atoms with Gasteiger partial charge in [-0.25, -0.2) is 0 Å². The lowest BCUT2D eigenvalue weighted by Crippen LogP contribution is -2.30. The van der Waals surface area contributed by atoms with Gasteiger partial charge in [-0.1, -0.05) is 12.1 Å². The van der Waals surface area contributed by atoms with Gasteiger partial charge in [0.2, 0.25) is 0 Å². The lowest BCUT2D eigenvalue weighted by molar-refractivity contribution is 0.368. The Bertz CT molecular complexity index is 438. The highest BCUT2D eigenvalue weighted by Gasteiger charge is 2.15. The Morgan fingerprint density at radius 2 is 2.20 bits per heavy atom. The van der Waals surface area contributed by atoms with Crippen LogP contribution in [0.3, 0.4) is 0 Å². The highest BCUT2D eigenvalue weighted by atomic mass is 32.2. The maximum atomic E-state index is 8.48. The summed E-state index contributed by atoms with van der Waals surface area (Å²) in [6.07, 6.45) is 0. The summed E-state index contributed by atoms with van der Waals surface area (Å²) in [7, 11) is 0. The van der Waals surface area contributed by atoms with Crippen molar-refractivity contribution < 1.29 is 4.74 Å². The Morgan fingerprint density at radius 1 is 1.40 bits per heavy atom. The molecule has 0 aromatic heterocycles. The summed E-state index contributed by atoms with van der Waals surface area (Å²) in [5.41, 5.74) is 1.25. The number of thioether (sulfide) groups is 2. The lowest BCUT2D eigenvalue weighted by atomic mass is 10.1. The third-order valence-electron chi connectivity index (χ3n) is 3.22. The fourth-order valence-electron chi connectivity index (χ4n) is 2.05. The number of ether oxygens (including phenoxy) is 1. The first-order valence-electron chi connectivity index (χ1n) is 6.82. The molecule has 5 heteroatoms. The minimum Gasteiger partial charge on any atom is -0.479 e. The van der Waals surface area contributed by atoms with Crippen LogP contribution in [0.15, 0.2) is 24.3 Å². The number of rotatable bonds is 6. The molecular formula is C15H20N2OS2. The van der Waals surface area contributed by atoms with Crippen LogP contribution in [0.25, 0.3) is 0 Å². The average molecular weight is 308 g/mol. The summed E-state index contributed by atoms with van der Waals surface area (Å²) < 4.78 is 5.26. The zero-order valence-electron chi connectivity index (χ0n) is 11.7. The maximum absolute atomic E-state index is 8.48. The zero-order valence-corrected chi connectivity index (χ0v) is 13.3. The molecule has 2 atom stereocenters. The Hall–Kier alpha value is -0.830. The van der Waals surface area contributed by atoms with E-state index in [4.69, 9.17) is 10.00 Å². The van der Waals surface area contributed by atoms with E-state index in [9.17, 15) is 0 Å². The largest absolute Gasteiger partial charge is 0.479 e. The van der Waals surface area contributed by atoms with Gasteiger partial charge in [-0.3, -0.25) is 0 Å². The van der Waals surface area contributed by atoms with Crippen molar-refractivity contribution in [3.63, 3.8) is 0 Å². The van der Waals surface area contributed by atoms with Crippen molar-refractivity contribution in [3.05, 3.63) is 29.8 Å². The zero-order chi connectivity index (χ0) is 14.2. The number of nitrogens with zero attached hydrogens (tertiary/aromatic N) is 1. The van der Waals surface area contributed by atoms with Gasteiger partial charge in [0.15, 0.2) is 6.61 Å². The van der Waals surface area contributed by atoms with Crippen LogP contribution in [0, 0.1) is 11.3 Å². The fraction of sp³-hybridized carbons (Fsp3) is 0.533. The van der Waals surface area contributed by atoms with Gasteiger partial charge in [-0.2, -0.15) is 28.8 Å². The molecule has 1 saturated heterocycles. The van der Waals surface area contributed by atoms with E-state index in [1.54, 1.807) is 0 Å². The van der Waals surface area contributed by atoms with Crippen molar-refractivity contribution in [1.82, 2.24) is 5.32 Å². The molecule has 1 aromatic rings. The Morgan fingerprint density at radius 3 is 2.85 bits per heavy atom. The first-order valence-corrected chi connectivity index (χ1v) is 9.02. The van der Waals surface area contributed by atoms with Gasteiger partial charge in [0, 0.05) is 35.1 Å². The Kier molecular flexibility index (Phi) is 6.58. The first kappa shape index (κ1) is 15.6. The van der Waals surface area contributed by atoms with Crippen LogP contribution in [-0.2, 0) is 0 Å². The molecule has 0 bridgehead atoms. The van der Waals surface area contributed by atoms with Crippen molar-refractivity contribution in [3.8, 4) is 11.8 Å².